The first-order valence-electron chi connectivity index (χ1n) is 6.37. The lowest BCUT2D eigenvalue weighted by Crippen LogP contribution is -2.35. The average Bonchev–Trinajstić information content (AvgIpc) is 2.38. The van der Waals surface area contributed by atoms with Crippen LogP contribution < -0.4 is 10.2 Å². The van der Waals surface area contributed by atoms with Crippen LogP contribution in [0.15, 0.2) is 24.3 Å². The van der Waals surface area contributed by atoms with Crippen molar-refractivity contribution < 1.29 is 0 Å². The van der Waals surface area contributed by atoms with E-state index in [1.165, 1.54) is 43.7 Å². The van der Waals surface area contributed by atoms with E-state index in [0.717, 1.165) is 5.92 Å². The summed E-state index contributed by atoms with van der Waals surface area (Å²) in [5.74, 6) is 0.874. The van der Waals surface area contributed by atoms with E-state index >= 15 is 0 Å². The van der Waals surface area contributed by atoms with Gasteiger partial charge in [-0.3, -0.25) is 0 Å². The standard InChI is InChI=1S/C14H22N2/c1-3-12-7-6-10-16(11-12)14-9-5-4-8-13(14)15-2/h4-5,8-9,12,15H,3,6-7,10-11H2,1-2H3. The summed E-state index contributed by atoms with van der Waals surface area (Å²) in [7, 11) is 2.00. The lowest BCUT2D eigenvalue weighted by Gasteiger charge is -2.35. The molecule has 1 heterocycles. The Kier molecular flexibility index (Phi) is 3.70. The van der Waals surface area contributed by atoms with Gasteiger partial charge in [0.05, 0.1) is 11.4 Å². The van der Waals surface area contributed by atoms with Crippen LogP contribution in [-0.2, 0) is 0 Å². The van der Waals surface area contributed by atoms with Gasteiger partial charge in [-0.05, 0) is 30.9 Å². The summed E-state index contributed by atoms with van der Waals surface area (Å²) in [4.78, 5) is 2.53. The van der Waals surface area contributed by atoms with Crippen LogP contribution in [0.25, 0.3) is 0 Å². The van der Waals surface area contributed by atoms with Crippen molar-refractivity contribution >= 4 is 11.4 Å². The summed E-state index contributed by atoms with van der Waals surface area (Å²) in [5.41, 5.74) is 2.61. The molecule has 1 aliphatic heterocycles. The molecule has 1 unspecified atom stereocenters. The average molecular weight is 218 g/mol. The molecule has 1 aromatic rings. The van der Waals surface area contributed by atoms with Crippen LogP contribution >= 0.6 is 0 Å². The molecule has 88 valence electrons. The fraction of sp³-hybridized carbons (Fsp3) is 0.571. The summed E-state index contributed by atoms with van der Waals surface area (Å²) in [6.07, 6.45) is 4.03. The molecule has 0 spiro atoms. The lowest BCUT2D eigenvalue weighted by atomic mass is 9.95. The molecule has 1 aromatic carbocycles. The Balaban J connectivity index is 2.16. The number of nitrogens with zero attached hydrogens (tertiary/aromatic N) is 1. The van der Waals surface area contributed by atoms with E-state index < -0.39 is 0 Å². The normalized spacial score (nSPS) is 20.9. The highest BCUT2D eigenvalue weighted by Gasteiger charge is 2.19. The van der Waals surface area contributed by atoms with E-state index in [-0.39, 0.29) is 0 Å². The van der Waals surface area contributed by atoms with Gasteiger partial charge in [-0.2, -0.15) is 0 Å². The van der Waals surface area contributed by atoms with Crippen molar-refractivity contribution in [3.05, 3.63) is 24.3 Å². The van der Waals surface area contributed by atoms with Crippen LogP contribution in [0.3, 0.4) is 0 Å². The van der Waals surface area contributed by atoms with Gasteiger partial charge >= 0.3 is 0 Å². The van der Waals surface area contributed by atoms with Crippen molar-refractivity contribution in [3.8, 4) is 0 Å². The second-order valence-corrected chi connectivity index (χ2v) is 4.63. The third-order valence-corrected chi connectivity index (χ3v) is 3.61. The Labute approximate surface area is 98.7 Å². The minimum atomic E-state index is 0.874. The van der Waals surface area contributed by atoms with E-state index in [2.05, 4.69) is 41.4 Å². The molecule has 1 atom stereocenters. The summed E-state index contributed by atoms with van der Waals surface area (Å²) in [5, 5.41) is 3.28. The van der Waals surface area contributed by atoms with Gasteiger partial charge in [-0.25, -0.2) is 0 Å². The highest BCUT2D eigenvalue weighted by atomic mass is 15.2. The fourth-order valence-corrected chi connectivity index (χ4v) is 2.58. The van der Waals surface area contributed by atoms with Gasteiger partial charge in [0, 0.05) is 20.1 Å². The fourth-order valence-electron chi connectivity index (χ4n) is 2.58. The van der Waals surface area contributed by atoms with E-state index in [4.69, 9.17) is 0 Å². The third-order valence-electron chi connectivity index (χ3n) is 3.61. The molecule has 0 aromatic heterocycles. The van der Waals surface area contributed by atoms with E-state index in [1.54, 1.807) is 0 Å². The van der Waals surface area contributed by atoms with Gasteiger partial charge in [0.15, 0.2) is 0 Å². The lowest BCUT2D eigenvalue weighted by molar-refractivity contribution is 0.405. The van der Waals surface area contributed by atoms with Crippen LogP contribution in [0.1, 0.15) is 26.2 Å². The second-order valence-electron chi connectivity index (χ2n) is 4.63. The van der Waals surface area contributed by atoms with Crippen LogP contribution in [0.2, 0.25) is 0 Å². The van der Waals surface area contributed by atoms with E-state index in [9.17, 15) is 0 Å². The molecule has 0 bridgehead atoms. The third kappa shape index (κ3) is 2.31. The van der Waals surface area contributed by atoms with Crippen molar-refractivity contribution in [2.24, 2.45) is 5.92 Å². The number of piperidine rings is 1. The van der Waals surface area contributed by atoms with Crippen molar-refractivity contribution in [2.75, 3.05) is 30.4 Å². The maximum Gasteiger partial charge on any atom is 0.0601 e. The minimum absolute atomic E-state index is 0.874. The largest absolute Gasteiger partial charge is 0.386 e. The quantitative estimate of drug-likeness (QED) is 0.837. The zero-order valence-electron chi connectivity index (χ0n) is 10.4. The molecule has 2 rings (SSSR count). The zero-order chi connectivity index (χ0) is 11.4. The van der Waals surface area contributed by atoms with Crippen molar-refractivity contribution in [3.63, 3.8) is 0 Å². The Morgan fingerprint density at radius 2 is 2.19 bits per heavy atom. The Hall–Kier alpha value is -1.18. The summed E-state index contributed by atoms with van der Waals surface area (Å²) >= 11 is 0. The summed E-state index contributed by atoms with van der Waals surface area (Å²) in [6.45, 7) is 4.72. The number of anilines is 2. The van der Waals surface area contributed by atoms with Crippen molar-refractivity contribution in [1.82, 2.24) is 0 Å². The highest BCUT2D eigenvalue weighted by Crippen LogP contribution is 2.30. The zero-order valence-corrected chi connectivity index (χ0v) is 10.4. The Bertz CT molecular complexity index is 335. The number of hydrogen-bond acceptors (Lipinski definition) is 2. The van der Waals surface area contributed by atoms with Crippen molar-refractivity contribution in [2.45, 2.75) is 26.2 Å². The molecule has 0 aliphatic carbocycles. The first-order valence-corrected chi connectivity index (χ1v) is 6.37. The van der Waals surface area contributed by atoms with Crippen LogP contribution in [0, 0.1) is 5.92 Å². The van der Waals surface area contributed by atoms with Crippen LogP contribution in [0.4, 0.5) is 11.4 Å². The first kappa shape index (κ1) is 11.3. The second kappa shape index (κ2) is 5.24. The van der Waals surface area contributed by atoms with Crippen LogP contribution in [-0.4, -0.2) is 20.1 Å². The molecule has 16 heavy (non-hydrogen) atoms. The molecule has 1 N–H and O–H groups in total. The van der Waals surface area contributed by atoms with Gasteiger partial charge in [-0.15, -0.1) is 0 Å². The monoisotopic (exact) mass is 218 g/mol. The maximum atomic E-state index is 3.28. The van der Waals surface area contributed by atoms with Gasteiger partial charge in [0.2, 0.25) is 0 Å². The molecule has 0 radical (unpaired) electrons. The SMILES string of the molecule is CCC1CCCN(c2ccccc2NC)C1. The molecule has 2 heteroatoms. The Morgan fingerprint density at radius 1 is 1.38 bits per heavy atom. The number of benzene rings is 1. The summed E-state index contributed by atoms with van der Waals surface area (Å²) in [6, 6.07) is 8.61. The number of rotatable bonds is 3. The molecule has 0 saturated carbocycles. The van der Waals surface area contributed by atoms with Crippen LogP contribution in [0.5, 0.6) is 0 Å². The minimum Gasteiger partial charge on any atom is -0.386 e. The van der Waals surface area contributed by atoms with Gasteiger partial charge in [-0.1, -0.05) is 25.5 Å². The first-order chi connectivity index (χ1) is 7.85. The van der Waals surface area contributed by atoms with E-state index in [0.29, 0.717) is 0 Å². The Morgan fingerprint density at radius 3 is 2.94 bits per heavy atom. The molecule has 1 fully saturated rings. The molecule has 1 saturated heterocycles. The van der Waals surface area contributed by atoms with Gasteiger partial charge < -0.3 is 10.2 Å². The predicted octanol–water partition coefficient (Wildman–Crippen LogP) is 3.35. The topological polar surface area (TPSA) is 15.3 Å². The number of para-hydroxylation sites is 2. The van der Waals surface area contributed by atoms with E-state index in [1.807, 2.05) is 7.05 Å². The molecule has 2 nitrogen and oxygen atoms in total. The smallest absolute Gasteiger partial charge is 0.0601 e. The maximum absolute atomic E-state index is 3.28. The predicted molar refractivity (Wildman–Crippen MR) is 71.2 cm³/mol. The van der Waals surface area contributed by atoms with Crippen molar-refractivity contribution in [1.29, 1.82) is 0 Å². The molecule has 0 amide bonds. The molecule has 1 aliphatic rings. The number of nitrogens with one attached hydrogen (secondary N) is 1. The number of hydrogen-bond donors (Lipinski definition) is 1. The van der Waals surface area contributed by atoms with Gasteiger partial charge in [0.1, 0.15) is 0 Å². The highest BCUT2D eigenvalue weighted by molar-refractivity contribution is 5.69. The summed E-state index contributed by atoms with van der Waals surface area (Å²) < 4.78 is 0. The molecular formula is C14H22N2. The van der Waals surface area contributed by atoms with Gasteiger partial charge in [0.25, 0.3) is 0 Å². The molecular weight excluding hydrogens is 196 g/mol.